The predicted molar refractivity (Wildman–Crippen MR) is 92.9 cm³/mol. The molecule has 23 heavy (non-hydrogen) atoms. The van der Waals surface area contributed by atoms with Gasteiger partial charge >= 0.3 is 0 Å². The highest BCUT2D eigenvalue weighted by molar-refractivity contribution is 5.40. The minimum Gasteiger partial charge on any atom is -0.380 e. The molecule has 1 aromatic heterocycles. The van der Waals surface area contributed by atoms with Gasteiger partial charge in [0, 0.05) is 42.9 Å². The minimum absolute atomic E-state index is 0.357. The lowest BCUT2D eigenvalue weighted by Crippen LogP contribution is -2.51. The summed E-state index contributed by atoms with van der Waals surface area (Å²) in [6, 6.07) is 2.80. The van der Waals surface area contributed by atoms with E-state index in [2.05, 4.69) is 40.1 Å². The molecular weight excluding hydrogens is 288 g/mol. The smallest absolute Gasteiger partial charge is 0.132 e. The van der Waals surface area contributed by atoms with Crippen molar-refractivity contribution in [3.8, 4) is 0 Å². The molecule has 0 aromatic carbocycles. The number of nitrogens with one attached hydrogen (secondary N) is 1. The van der Waals surface area contributed by atoms with E-state index in [-0.39, 0.29) is 0 Å². The van der Waals surface area contributed by atoms with Gasteiger partial charge in [0.05, 0.1) is 13.2 Å². The maximum Gasteiger partial charge on any atom is 0.132 e. The Hall–Kier alpha value is -1.20. The summed E-state index contributed by atoms with van der Waals surface area (Å²) >= 11 is 0. The standard InChI is InChI=1S/C18H30N4O/c1-4-5-16-10-17(21-14(2)20-16)22-8-6-15(7-9-22)19-11-18(3)12-23-13-18/h10,15,19H,4-9,11-13H2,1-3H3. The van der Waals surface area contributed by atoms with Crippen LogP contribution in [0.1, 0.15) is 44.6 Å². The van der Waals surface area contributed by atoms with Gasteiger partial charge in [-0.05, 0) is 26.2 Å². The van der Waals surface area contributed by atoms with Gasteiger partial charge in [-0.3, -0.25) is 0 Å². The minimum atomic E-state index is 0.357. The average Bonchev–Trinajstić information content (AvgIpc) is 2.51. The molecule has 2 aliphatic heterocycles. The van der Waals surface area contributed by atoms with Crippen molar-refractivity contribution in [2.24, 2.45) is 5.41 Å². The number of rotatable bonds is 6. The normalized spacial score (nSPS) is 21.3. The Morgan fingerprint density at radius 2 is 2.04 bits per heavy atom. The summed E-state index contributed by atoms with van der Waals surface area (Å²) in [4.78, 5) is 11.6. The Labute approximate surface area is 139 Å². The molecule has 0 radical (unpaired) electrons. The summed E-state index contributed by atoms with van der Waals surface area (Å²) in [7, 11) is 0. The first-order chi connectivity index (χ1) is 11.1. The number of nitrogens with zero attached hydrogens (tertiary/aromatic N) is 3. The fourth-order valence-corrected chi connectivity index (χ4v) is 3.41. The van der Waals surface area contributed by atoms with Gasteiger partial charge in [-0.2, -0.15) is 0 Å². The van der Waals surface area contributed by atoms with Crippen LogP contribution in [0.4, 0.5) is 5.82 Å². The van der Waals surface area contributed by atoms with E-state index >= 15 is 0 Å². The van der Waals surface area contributed by atoms with Crippen LogP contribution in [-0.2, 0) is 11.2 Å². The summed E-state index contributed by atoms with van der Waals surface area (Å²) in [5.74, 6) is 2.00. The lowest BCUT2D eigenvalue weighted by Gasteiger charge is -2.40. The largest absolute Gasteiger partial charge is 0.380 e. The Morgan fingerprint density at radius 1 is 1.30 bits per heavy atom. The van der Waals surface area contributed by atoms with Crippen LogP contribution in [0.5, 0.6) is 0 Å². The molecule has 0 unspecified atom stereocenters. The van der Waals surface area contributed by atoms with Crippen molar-refractivity contribution in [2.45, 2.75) is 52.5 Å². The quantitative estimate of drug-likeness (QED) is 0.872. The number of aryl methyl sites for hydroxylation is 2. The second-order valence-corrected chi connectivity index (χ2v) is 7.46. The van der Waals surface area contributed by atoms with E-state index < -0.39 is 0 Å². The highest BCUT2D eigenvalue weighted by Gasteiger charge is 2.34. The third-order valence-corrected chi connectivity index (χ3v) is 4.92. The van der Waals surface area contributed by atoms with Gasteiger partial charge in [-0.15, -0.1) is 0 Å². The number of piperidine rings is 1. The molecule has 2 saturated heterocycles. The van der Waals surface area contributed by atoms with Crippen molar-refractivity contribution >= 4 is 5.82 Å². The van der Waals surface area contributed by atoms with Gasteiger partial charge in [-0.25, -0.2) is 9.97 Å². The van der Waals surface area contributed by atoms with Crippen LogP contribution < -0.4 is 10.2 Å². The fourth-order valence-electron chi connectivity index (χ4n) is 3.41. The van der Waals surface area contributed by atoms with Gasteiger partial charge in [0.1, 0.15) is 11.6 Å². The van der Waals surface area contributed by atoms with Crippen molar-refractivity contribution in [1.82, 2.24) is 15.3 Å². The van der Waals surface area contributed by atoms with E-state index in [4.69, 9.17) is 4.74 Å². The van der Waals surface area contributed by atoms with Crippen molar-refractivity contribution in [3.63, 3.8) is 0 Å². The Bertz CT molecular complexity index is 522. The molecule has 0 bridgehead atoms. The molecule has 2 fully saturated rings. The van der Waals surface area contributed by atoms with Crippen LogP contribution in [0.2, 0.25) is 0 Å². The molecule has 3 heterocycles. The third-order valence-electron chi connectivity index (χ3n) is 4.92. The van der Waals surface area contributed by atoms with Crippen LogP contribution in [0.15, 0.2) is 6.07 Å². The third kappa shape index (κ3) is 4.21. The second-order valence-electron chi connectivity index (χ2n) is 7.46. The molecule has 1 N–H and O–H groups in total. The summed E-state index contributed by atoms with van der Waals surface area (Å²) in [6.07, 6.45) is 4.53. The number of anilines is 1. The van der Waals surface area contributed by atoms with Gasteiger partial charge in [0.25, 0.3) is 0 Å². The van der Waals surface area contributed by atoms with E-state index in [9.17, 15) is 0 Å². The molecule has 0 aliphatic carbocycles. The van der Waals surface area contributed by atoms with E-state index in [0.29, 0.717) is 11.5 Å². The topological polar surface area (TPSA) is 50.3 Å². The van der Waals surface area contributed by atoms with Crippen LogP contribution in [-0.4, -0.2) is 48.9 Å². The zero-order valence-corrected chi connectivity index (χ0v) is 14.8. The van der Waals surface area contributed by atoms with Gasteiger partial charge in [0.2, 0.25) is 0 Å². The number of hydrogen-bond donors (Lipinski definition) is 1. The first-order valence-electron chi connectivity index (χ1n) is 8.99. The predicted octanol–water partition coefficient (Wildman–Crippen LogP) is 2.33. The average molecular weight is 318 g/mol. The molecule has 0 saturated carbocycles. The summed E-state index contributed by atoms with van der Waals surface area (Å²) in [6.45, 7) is 11.5. The van der Waals surface area contributed by atoms with Crippen molar-refractivity contribution in [1.29, 1.82) is 0 Å². The summed E-state index contributed by atoms with van der Waals surface area (Å²) in [5.41, 5.74) is 1.53. The van der Waals surface area contributed by atoms with Crippen molar-refractivity contribution < 1.29 is 4.74 Å². The van der Waals surface area contributed by atoms with E-state index in [1.807, 2.05) is 6.92 Å². The molecular formula is C18H30N4O. The lowest BCUT2D eigenvalue weighted by atomic mass is 9.88. The molecule has 5 heteroatoms. The maximum absolute atomic E-state index is 5.33. The van der Waals surface area contributed by atoms with E-state index in [0.717, 1.165) is 57.3 Å². The zero-order valence-electron chi connectivity index (χ0n) is 14.8. The van der Waals surface area contributed by atoms with E-state index in [1.165, 1.54) is 18.5 Å². The number of aromatic nitrogens is 2. The van der Waals surface area contributed by atoms with Gasteiger partial charge < -0.3 is 15.0 Å². The van der Waals surface area contributed by atoms with Gasteiger partial charge in [0.15, 0.2) is 0 Å². The van der Waals surface area contributed by atoms with Gasteiger partial charge in [-0.1, -0.05) is 20.3 Å². The Balaban J connectivity index is 1.52. The van der Waals surface area contributed by atoms with Crippen molar-refractivity contribution in [2.75, 3.05) is 37.7 Å². The molecule has 128 valence electrons. The lowest BCUT2D eigenvalue weighted by molar-refractivity contribution is -0.100. The van der Waals surface area contributed by atoms with Crippen LogP contribution >= 0.6 is 0 Å². The highest BCUT2D eigenvalue weighted by Crippen LogP contribution is 2.26. The first-order valence-corrected chi connectivity index (χ1v) is 8.99. The van der Waals surface area contributed by atoms with Crippen molar-refractivity contribution in [3.05, 3.63) is 17.6 Å². The molecule has 0 atom stereocenters. The summed E-state index contributed by atoms with van der Waals surface area (Å²) in [5, 5.41) is 3.74. The van der Waals surface area contributed by atoms with Crippen LogP contribution in [0, 0.1) is 12.3 Å². The molecule has 3 rings (SSSR count). The number of hydrogen-bond acceptors (Lipinski definition) is 5. The monoisotopic (exact) mass is 318 g/mol. The van der Waals surface area contributed by atoms with Crippen LogP contribution in [0.3, 0.4) is 0 Å². The number of ether oxygens (including phenoxy) is 1. The van der Waals surface area contributed by atoms with E-state index in [1.54, 1.807) is 0 Å². The molecule has 0 amide bonds. The second kappa shape index (κ2) is 7.14. The highest BCUT2D eigenvalue weighted by atomic mass is 16.5. The molecule has 1 aromatic rings. The molecule has 5 nitrogen and oxygen atoms in total. The fraction of sp³-hybridized carbons (Fsp3) is 0.778. The molecule has 2 aliphatic rings. The molecule has 0 spiro atoms. The van der Waals surface area contributed by atoms with Crippen LogP contribution in [0.25, 0.3) is 0 Å². The summed E-state index contributed by atoms with van der Waals surface area (Å²) < 4.78 is 5.33. The Kier molecular flexibility index (Phi) is 5.17. The first kappa shape index (κ1) is 16.7. The zero-order chi connectivity index (χ0) is 16.3. The Morgan fingerprint density at radius 3 is 2.65 bits per heavy atom. The maximum atomic E-state index is 5.33. The SMILES string of the molecule is CCCc1cc(N2CCC(NCC3(C)COC3)CC2)nc(C)n1.